The van der Waals surface area contributed by atoms with Crippen LogP contribution in [0.15, 0.2) is 72.8 Å². The van der Waals surface area contributed by atoms with Crippen LogP contribution >= 0.6 is 0 Å². The van der Waals surface area contributed by atoms with Gasteiger partial charge in [0.25, 0.3) is 0 Å². The molecule has 33 heavy (non-hydrogen) atoms. The van der Waals surface area contributed by atoms with Gasteiger partial charge in [0.05, 0.1) is 6.04 Å². The molecule has 2 unspecified atom stereocenters. The minimum Gasteiger partial charge on any atom is -0.489 e. The molecule has 0 radical (unpaired) electrons. The predicted octanol–water partition coefficient (Wildman–Crippen LogP) is 5.02. The van der Waals surface area contributed by atoms with Crippen molar-refractivity contribution in [1.82, 2.24) is 4.90 Å². The van der Waals surface area contributed by atoms with Gasteiger partial charge in [-0.1, -0.05) is 61.0 Å². The van der Waals surface area contributed by atoms with Crippen molar-refractivity contribution in [3.05, 3.63) is 89.5 Å². The molecule has 1 N–H and O–H groups in total. The van der Waals surface area contributed by atoms with E-state index in [0.717, 1.165) is 35.3 Å². The minimum atomic E-state index is -0.789. The number of ether oxygens (including phenoxy) is 3. The molecule has 0 spiro atoms. The molecule has 2 aliphatic heterocycles. The van der Waals surface area contributed by atoms with E-state index < -0.39 is 12.0 Å². The molecule has 0 aliphatic carbocycles. The van der Waals surface area contributed by atoms with E-state index in [-0.39, 0.29) is 12.8 Å². The van der Waals surface area contributed by atoms with Gasteiger partial charge in [-0.05, 0) is 48.7 Å². The number of rotatable bonds is 7. The average molecular weight is 446 g/mol. The SMILES string of the molecule is O=C(O)C1CCCCN1C(c1ccc2c(c1)OCO2)c1ccccc1OCc1ccccc1. The first kappa shape index (κ1) is 21.3. The second-order valence-electron chi connectivity index (χ2n) is 8.41. The fourth-order valence-electron chi connectivity index (χ4n) is 4.73. The number of fused-ring (bicyclic) bond motifs is 1. The zero-order chi connectivity index (χ0) is 22.6. The van der Waals surface area contributed by atoms with Crippen molar-refractivity contribution in [1.29, 1.82) is 0 Å². The lowest BCUT2D eigenvalue weighted by molar-refractivity contribution is -0.145. The van der Waals surface area contributed by atoms with Gasteiger partial charge in [-0.25, -0.2) is 0 Å². The molecule has 2 heterocycles. The number of para-hydroxylation sites is 1. The van der Waals surface area contributed by atoms with Crippen LogP contribution in [0.4, 0.5) is 0 Å². The first-order valence-corrected chi connectivity index (χ1v) is 11.3. The van der Waals surface area contributed by atoms with Crippen molar-refractivity contribution in [2.75, 3.05) is 13.3 Å². The summed E-state index contributed by atoms with van der Waals surface area (Å²) in [6, 6.07) is 23.0. The summed E-state index contributed by atoms with van der Waals surface area (Å²) >= 11 is 0. The fraction of sp³-hybridized carbons (Fsp3) is 0.296. The van der Waals surface area contributed by atoms with Crippen LogP contribution in [-0.2, 0) is 11.4 Å². The fourth-order valence-corrected chi connectivity index (χ4v) is 4.73. The van der Waals surface area contributed by atoms with Crippen molar-refractivity contribution in [3.63, 3.8) is 0 Å². The van der Waals surface area contributed by atoms with Crippen LogP contribution in [0.2, 0.25) is 0 Å². The average Bonchev–Trinajstić information content (AvgIpc) is 3.33. The van der Waals surface area contributed by atoms with E-state index in [2.05, 4.69) is 4.90 Å². The third kappa shape index (κ3) is 4.52. The molecule has 170 valence electrons. The lowest BCUT2D eigenvalue weighted by Gasteiger charge is -2.40. The first-order valence-electron chi connectivity index (χ1n) is 11.3. The van der Waals surface area contributed by atoms with Crippen LogP contribution in [0.3, 0.4) is 0 Å². The quantitative estimate of drug-likeness (QED) is 0.551. The molecular weight excluding hydrogens is 418 g/mol. The Hall–Kier alpha value is -3.51. The molecule has 3 aromatic rings. The molecule has 1 fully saturated rings. The van der Waals surface area contributed by atoms with E-state index in [1.165, 1.54) is 0 Å². The Labute approximate surface area is 193 Å². The Morgan fingerprint density at radius 2 is 1.79 bits per heavy atom. The zero-order valence-corrected chi connectivity index (χ0v) is 18.4. The standard InChI is InChI=1S/C27H27NO5/c29-27(30)22-11-6-7-15-28(22)26(20-13-14-24-25(16-20)33-18-32-24)21-10-4-5-12-23(21)31-17-19-8-2-1-3-9-19/h1-5,8-10,12-14,16,22,26H,6-7,11,15,17-18H2,(H,29,30). The summed E-state index contributed by atoms with van der Waals surface area (Å²) in [5.74, 6) is 1.35. The highest BCUT2D eigenvalue weighted by Crippen LogP contribution is 2.42. The van der Waals surface area contributed by atoms with Crippen molar-refractivity contribution in [2.45, 2.75) is 38.0 Å². The number of nitrogens with zero attached hydrogens (tertiary/aromatic N) is 1. The number of carboxylic acid groups (broad SMARTS) is 1. The molecule has 3 aromatic carbocycles. The van der Waals surface area contributed by atoms with E-state index in [0.29, 0.717) is 31.1 Å². The summed E-state index contributed by atoms with van der Waals surface area (Å²) in [4.78, 5) is 14.3. The minimum absolute atomic E-state index is 0.196. The maximum atomic E-state index is 12.2. The van der Waals surface area contributed by atoms with E-state index in [1.54, 1.807) is 0 Å². The van der Waals surface area contributed by atoms with Crippen LogP contribution in [0.5, 0.6) is 17.2 Å². The highest BCUT2D eigenvalue weighted by molar-refractivity contribution is 5.74. The monoisotopic (exact) mass is 445 g/mol. The third-order valence-corrected chi connectivity index (χ3v) is 6.32. The molecule has 1 saturated heterocycles. The van der Waals surface area contributed by atoms with Gasteiger partial charge >= 0.3 is 5.97 Å². The lowest BCUT2D eigenvalue weighted by Crippen LogP contribution is -2.46. The molecule has 6 nitrogen and oxygen atoms in total. The molecule has 0 saturated carbocycles. The van der Waals surface area contributed by atoms with Crippen molar-refractivity contribution >= 4 is 5.97 Å². The van der Waals surface area contributed by atoms with E-state index in [4.69, 9.17) is 14.2 Å². The Kier molecular flexibility index (Phi) is 6.17. The number of carbonyl (C=O) groups is 1. The number of hydrogen-bond acceptors (Lipinski definition) is 5. The summed E-state index contributed by atoms with van der Waals surface area (Å²) in [5, 5.41) is 10.0. The van der Waals surface area contributed by atoms with Gasteiger partial charge in [0.1, 0.15) is 18.4 Å². The second kappa shape index (κ2) is 9.55. The predicted molar refractivity (Wildman–Crippen MR) is 124 cm³/mol. The van der Waals surface area contributed by atoms with Crippen LogP contribution in [0.25, 0.3) is 0 Å². The number of aliphatic carboxylic acids is 1. The highest BCUT2D eigenvalue weighted by Gasteiger charge is 2.36. The zero-order valence-electron chi connectivity index (χ0n) is 18.4. The first-order chi connectivity index (χ1) is 16.2. The van der Waals surface area contributed by atoms with E-state index in [9.17, 15) is 9.90 Å². The van der Waals surface area contributed by atoms with Crippen LogP contribution < -0.4 is 14.2 Å². The van der Waals surface area contributed by atoms with Crippen molar-refractivity contribution in [2.24, 2.45) is 0 Å². The van der Waals surface area contributed by atoms with Gasteiger partial charge in [-0.2, -0.15) is 0 Å². The summed E-state index contributed by atoms with van der Waals surface area (Å²) in [5.41, 5.74) is 2.98. The van der Waals surface area contributed by atoms with Gasteiger partial charge in [0, 0.05) is 5.56 Å². The van der Waals surface area contributed by atoms with Crippen LogP contribution in [0, 0.1) is 0 Å². The summed E-state index contributed by atoms with van der Waals surface area (Å²) in [6.07, 6.45) is 2.49. The Balaban J connectivity index is 1.55. The summed E-state index contributed by atoms with van der Waals surface area (Å²) in [6.45, 7) is 1.33. The number of hydrogen-bond donors (Lipinski definition) is 1. The topological polar surface area (TPSA) is 68.2 Å². The smallest absolute Gasteiger partial charge is 0.320 e. The maximum Gasteiger partial charge on any atom is 0.320 e. The molecule has 0 bridgehead atoms. The Morgan fingerprint density at radius 3 is 2.64 bits per heavy atom. The molecule has 5 rings (SSSR count). The van der Waals surface area contributed by atoms with Gasteiger partial charge < -0.3 is 19.3 Å². The van der Waals surface area contributed by atoms with Crippen LogP contribution in [-0.4, -0.2) is 35.4 Å². The van der Waals surface area contributed by atoms with E-state index in [1.807, 2.05) is 72.8 Å². The number of likely N-dealkylation sites (tertiary alicyclic amines) is 1. The number of carboxylic acids is 1. The normalized spacial score (nSPS) is 18.6. The van der Waals surface area contributed by atoms with Gasteiger partial charge in [0.2, 0.25) is 6.79 Å². The third-order valence-electron chi connectivity index (χ3n) is 6.32. The van der Waals surface area contributed by atoms with Gasteiger partial charge in [-0.3, -0.25) is 9.69 Å². The van der Waals surface area contributed by atoms with Gasteiger partial charge in [0.15, 0.2) is 11.5 Å². The van der Waals surface area contributed by atoms with Gasteiger partial charge in [-0.15, -0.1) is 0 Å². The Bertz CT molecular complexity index is 1120. The molecule has 2 atom stereocenters. The van der Waals surface area contributed by atoms with Crippen LogP contribution in [0.1, 0.15) is 42.0 Å². The van der Waals surface area contributed by atoms with Crippen molar-refractivity contribution < 1.29 is 24.1 Å². The van der Waals surface area contributed by atoms with E-state index >= 15 is 0 Å². The molecule has 0 amide bonds. The second-order valence-corrected chi connectivity index (χ2v) is 8.41. The largest absolute Gasteiger partial charge is 0.489 e. The maximum absolute atomic E-state index is 12.2. The molecule has 2 aliphatic rings. The summed E-state index contributed by atoms with van der Waals surface area (Å²) < 4.78 is 17.4. The highest BCUT2D eigenvalue weighted by atomic mass is 16.7. The summed E-state index contributed by atoms with van der Waals surface area (Å²) in [7, 11) is 0. The van der Waals surface area contributed by atoms with Crippen molar-refractivity contribution in [3.8, 4) is 17.2 Å². The number of piperidine rings is 1. The molecule has 6 heteroatoms. The molecule has 0 aromatic heterocycles. The number of benzene rings is 3. The lowest BCUT2D eigenvalue weighted by atomic mass is 9.91. The molecular formula is C27H27NO5. The Morgan fingerprint density at radius 1 is 1.00 bits per heavy atom.